The van der Waals surface area contributed by atoms with Crippen LogP contribution in [-0.4, -0.2) is 12.3 Å². The van der Waals surface area contributed by atoms with Gasteiger partial charge in [-0.05, 0) is 52.2 Å². The lowest BCUT2D eigenvalue weighted by atomic mass is 10.2. The van der Waals surface area contributed by atoms with Crippen molar-refractivity contribution < 1.29 is 0 Å². The van der Waals surface area contributed by atoms with Gasteiger partial charge in [-0.3, -0.25) is 0 Å². The zero-order chi connectivity index (χ0) is 9.97. The molecule has 0 spiro atoms. The fourth-order valence-electron chi connectivity index (χ4n) is 1.62. The minimum absolute atomic E-state index is 1.09. The first-order valence-electron chi connectivity index (χ1n) is 5.00. The zero-order valence-corrected chi connectivity index (χ0v) is 10.7. The van der Waals surface area contributed by atoms with Crippen molar-refractivity contribution in [3.63, 3.8) is 0 Å². The Bertz CT molecular complexity index is 338. The predicted octanol–water partition coefficient (Wildman–Crippen LogP) is 3.92. The molecule has 1 aliphatic heterocycles. The number of fused-ring (bicyclic) bond motifs is 1. The predicted molar refractivity (Wildman–Crippen MR) is 67.4 cm³/mol. The van der Waals surface area contributed by atoms with Crippen molar-refractivity contribution in [2.75, 3.05) is 17.6 Å². The average molecular weight is 272 g/mol. The third-order valence-electron chi connectivity index (χ3n) is 2.33. The monoisotopic (exact) mass is 271 g/mol. The van der Waals surface area contributed by atoms with Gasteiger partial charge >= 0.3 is 0 Å². The second-order valence-corrected chi connectivity index (χ2v) is 5.46. The van der Waals surface area contributed by atoms with Crippen LogP contribution >= 0.6 is 27.7 Å². The highest BCUT2D eigenvalue weighted by molar-refractivity contribution is 9.10. The largest absolute Gasteiger partial charge is 0.384 e. The molecule has 0 radical (unpaired) electrons. The van der Waals surface area contributed by atoms with Crippen molar-refractivity contribution in [1.82, 2.24) is 0 Å². The van der Waals surface area contributed by atoms with Gasteiger partial charge in [0.25, 0.3) is 0 Å². The maximum absolute atomic E-state index is 3.62. The van der Waals surface area contributed by atoms with E-state index in [-0.39, 0.29) is 0 Å². The lowest BCUT2D eigenvalue weighted by molar-refractivity contribution is 1.09. The van der Waals surface area contributed by atoms with Crippen molar-refractivity contribution in [3.05, 3.63) is 22.2 Å². The van der Waals surface area contributed by atoms with E-state index >= 15 is 0 Å². The van der Waals surface area contributed by atoms with E-state index in [1.807, 2.05) is 11.8 Å². The number of hydrogen-bond donors (Lipinski definition) is 1. The van der Waals surface area contributed by atoms with Gasteiger partial charge in [0.2, 0.25) is 0 Å². The Morgan fingerprint density at radius 3 is 3.14 bits per heavy atom. The average Bonchev–Trinajstić information content (AvgIpc) is 2.61. The summed E-state index contributed by atoms with van der Waals surface area (Å²) in [5.41, 5.74) is 2.77. The molecule has 1 aromatic rings. The van der Waals surface area contributed by atoms with Crippen LogP contribution in [0.3, 0.4) is 0 Å². The summed E-state index contributed by atoms with van der Waals surface area (Å²) in [5, 5.41) is 3.38. The Hall–Kier alpha value is -0.150. The number of hydrogen-bond acceptors (Lipinski definition) is 2. The summed E-state index contributed by atoms with van der Waals surface area (Å²) >= 11 is 5.56. The fraction of sp³-hybridized carbons (Fsp3) is 0.455. The first-order chi connectivity index (χ1) is 6.81. The van der Waals surface area contributed by atoms with Crippen LogP contribution in [0.5, 0.6) is 0 Å². The summed E-state index contributed by atoms with van der Waals surface area (Å²) in [7, 11) is 0. The minimum atomic E-state index is 1.09. The SMILES string of the molecule is CCCSc1cc2c(cc1Br)NCC2. The summed E-state index contributed by atoms with van der Waals surface area (Å²) in [6, 6.07) is 4.53. The number of anilines is 1. The highest BCUT2D eigenvalue weighted by Crippen LogP contribution is 2.35. The quantitative estimate of drug-likeness (QED) is 0.837. The normalized spacial score (nSPS) is 13.9. The summed E-state index contributed by atoms with van der Waals surface area (Å²) in [6.07, 6.45) is 2.40. The Morgan fingerprint density at radius 2 is 2.36 bits per heavy atom. The van der Waals surface area contributed by atoms with Crippen molar-refractivity contribution in [3.8, 4) is 0 Å². The first kappa shape index (κ1) is 10.4. The van der Waals surface area contributed by atoms with Crippen LogP contribution < -0.4 is 5.32 Å². The van der Waals surface area contributed by atoms with Crippen LogP contribution in [0.1, 0.15) is 18.9 Å². The van der Waals surface area contributed by atoms with Gasteiger partial charge < -0.3 is 5.32 Å². The first-order valence-corrected chi connectivity index (χ1v) is 6.78. The van der Waals surface area contributed by atoms with E-state index in [4.69, 9.17) is 0 Å². The van der Waals surface area contributed by atoms with E-state index in [1.54, 1.807) is 0 Å². The zero-order valence-electron chi connectivity index (χ0n) is 8.27. The maximum Gasteiger partial charge on any atom is 0.0385 e. The molecule has 0 atom stereocenters. The van der Waals surface area contributed by atoms with Gasteiger partial charge in [0.1, 0.15) is 0 Å². The molecule has 0 unspecified atom stereocenters. The fourth-order valence-corrected chi connectivity index (χ4v) is 3.15. The van der Waals surface area contributed by atoms with Crippen molar-refractivity contribution in [2.24, 2.45) is 0 Å². The van der Waals surface area contributed by atoms with Gasteiger partial charge in [-0.25, -0.2) is 0 Å². The summed E-state index contributed by atoms with van der Waals surface area (Å²) in [6.45, 7) is 3.31. The Labute approximate surface area is 97.8 Å². The van der Waals surface area contributed by atoms with Crippen LogP contribution in [0.15, 0.2) is 21.5 Å². The molecule has 76 valence electrons. The van der Waals surface area contributed by atoms with E-state index < -0.39 is 0 Å². The van der Waals surface area contributed by atoms with Gasteiger partial charge in [0.05, 0.1) is 0 Å². The van der Waals surface area contributed by atoms with E-state index in [1.165, 1.54) is 39.2 Å². The third-order valence-corrected chi connectivity index (χ3v) is 4.51. The number of benzene rings is 1. The van der Waals surface area contributed by atoms with E-state index in [0.29, 0.717) is 0 Å². The molecule has 0 saturated heterocycles. The standard InChI is InChI=1S/C11H14BrNS/c1-2-5-14-11-6-8-3-4-13-10(8)7-9(11)12/h6-7,13H,2-5H2,1H3. The Balaban J connectivity index is 2.23. The molecule has 1 N–H and O–H groups in total. The molecule has 1 aromatic carbocycles. The molecule has 0 aliphatic carbocycles. The van der Waals surface area contributed by atoms with Crippen LogP contribution in [0.25, 0.3) is 0 Å². The van der Waals surface area contributed by atoms with Gasteiger partial charge in [0.15, 0.2) is 0 Å². The van der Waals surface area contributed by atoms with Crippen molar-refractivity contribution in [1.29, 1.82) is 0 Å². The Morgan fingerprint density at radius 1 is 1.50 bits per heavy atom. The summed E-state index contributed by atoms with van der Waals surface area (Å²) in [5.74, 6) is 1.20. The van der Waals surface area contributed by atoms with E-state index in [2.05, 4.69) is 40.3 Å². The molecule has 0 fully saturated rings. The van der Waals surface area contributed by atoms with Gasteiger partial charge in [-0.15, -0.1) is 11.8 Å². The van der Waals surface area contributed by atoms with E-state index in [9.17, 15) is 0 Å². The molecule has 3 heteroatoms. The third kappa shape index (κ3) is 2.09. The maximum atomic E-state index is 3.62. The van der Waals surface area contributed by atoms with Crippen LogP contribution in [0, 0.1) is 0 Å². The second kappa shape index (κ2) is 4.58. The highest BCUT2D eigenvalue weighted by atomic mass is 79.9. The molecule has 0 aromatic heterocycles. The summed E-state index contributed by atoms with van der Waals surface area (Å²) < 4.78 is 1.23. The lowest BCUT2D eigenvalue weighted by Crippen LogP contribution is -1.90. The molecular weight excluding hydrogens is 258 g/mol. The molecule has 0 amide bonds. The van der Waals surface area contributed by atoms with Gasteiger partial charge in [-0.1, -0.05) is 6.92 Å². The summed E-state index contributed by atoms with van der Waals surface area (Å²) in [4.78, 5) is 1.38. The van der Waals surface area contributed by atoms with E-state index in [0.717, 1.165) is 6.54 Å². The molecule has 0 saturated carbocycles. The molecule has 14 heavy (non-hydrogen) atoms. The van der Waals surface area contributed by atoms with Crippen molar-refractivity contribution in [2.45, 2.75) is 24.7 Å². The van der Waals surface area contributed by atoms with Crippen molar-refractivity contribution >= 4 is 33.4 Å². The molecular formula is C11H14BrNS. The molecule has 2 rings (SSSR count). The topological polar surface area (TPSA) is 12.0 Å². The van der Waals surface area contributed by atoms with Crippen LogP contribution in [0.4, 0.5) is 5.69 Å². The van der Waals surface area contributed by atoms with Gasteiger partial charge in [0, 0.05) is 21.6 Å². The Kier molecular flexibility index (Phi) is 3.39. The number of nitrogens with one attached hydrogen (secondary N) is 1. The molecule has 1 nitrogen and oxygen atoms in total. The van der Waals surface area contributed by atoms with Crippen LogP contribution in [0.2, 0.25) is 0 Å². The highest BCUT2D eigenvalue weighted by Gasteiger charge is 2.12. The molecule has 1 heterocycles. The van der Waals surface area contributed by atoms with Gasteiger partial charge in [-0.2, -0.15) is 0 Å². The van der Waals surface area contributed by atoms with Crippen LogP contribution in [-0.2, 0) is 6.42 Å². The number of rotatable bonds is 3. The molecule has 1 aliphatic rings. The number of halogens is 1. The smallest absolute Gasteiger partial charge is 0.0385 e. The minimum Gasteiger partial charge on any atom is -0.384 e. The molecule has 0 bridgehead atoms. The second-order valence-electron chi connectivity index (χ2n) is 3.47. The number of thioether (sulfide) groups is 1. The lowest BCUT2D eigenvalue weighted by Gasteiger charge is -2.07.